The maximum absolute atomic E-state index is 6.04. The Morgan fingerprint density at radius 2 is 2.04 bits per heavy atom. The molecule has 26 heavy (non-hydrogen) atoms. The van der Waals surface area contributed by atoms with Crippen LogP contribution >= 0.6 is 11.6 Å². The molecule has 1 fully saturated rings. The molecule has 1 atom stereocenters. The van der Waals surface area contributed by atoms with E-state index < -0.39 is 0 Å². The summed E-state index contributed by atoms with van der Waals surface area (Å²) in [7, 11) is 5.95. The summed E-state index contributed by atoms with van der Waals surface area (Å²) in [4.78, 5) is 19.8. The lowest BCUT2D eigenvalue weighted by Crippen LogP contribution is -2.35. The fourth-order valence-electron chi connectivity index (χ4n) is 3.19. The molecule has 0 saturated carbocycles. The summed E-state index contributed by atoms with van der Waals surface area (Å²) in [6.07, 6.45) is 2.81. The minimum atomic E-state index is 0.332. The average Bonchev–Trinajstić information content (AvgIpc) is 3.27. The lowest BCUT2D eigenvalue weighted by molar-refractivity contribution is 0.582. The van der Waals surface area contributed by atoms with Crippen LogP contribution in [0.5, 0.6) is 0 Å². The van der Waals surface area contributed by atoms with Crippen LogP contribution in [0.15, 0.2) is 34.9 Å². The summed E-state index contributed by atoms with van der Waals surface area (Å²) < 4.78 is 5.90. The largest absolute Gasteiger partial charge is 0.423 e. The Hall–Kier alpha value is -2.54. The molecule has 3 heterocycles. The van der Waals surface area contributed by atoms with E-state index in [1.165, 1.54) is 0 Å². The van der Waals surface area contributed by atoms with Crippen LogP contribution in [0.4, 0.5) is 17.8 Å². The van der Waals surface area contributed by atoms with Crippen molar-refractivity contribution in [3.05, 3.63) is 35.5 Å². The molecule has 1 aliphatic rings. The summed E-state index contributed by atoms with van der Waals surface area (Å²) in [5.74, 6) is 1.62. The highest BCUT2D eigenvalue weighted by molar-refractivity contribution is 6.31. The summed E-state index contributed by atoms with van der Waals surface area (Å²) >= 11 is 6.04. The monoisotopic (exact) mass is 372 g/mol. The van der Waals surface area contributed by atoms with E-state index in [0.29, 0.717) is 23.0 Å². The molecular formula is C18H21ClN6O. The third kappa shape index (κ3) is 3.14. The second kappa shape index (κ2) is 6.64. The van der Waals surface area contributed by atoms with Crippen LogP contribution < -0.4 is 14.7 Å². The van der Waals surface area contributed by atoms with Crippen LogP contribution in [0.2, 0.25) is 5.02 Å². The molecule has 136 valence electrons. The van der Waals surface area contributed by atoms with Crippen LogP contribution in [0.25, 0.3) is 11.1 Å². The Kier molecular flexibility index (Phi) is 4.32. The summed E-state index contributed by atoms with van der Waals surface area (Å²) in [6.45, 7) is 1.72. The van der Waals surface area contributed by atoms with E-state index in [-0.39, 0.29) is 0 Å². The molecule has 0 radical (unpaired) electrons. The van der Waals surface area contributed by atoms with Gasteiger partial charge in [0.05, 0.1) is 0 Å². The van der Waals surface area contributed by atoms with Gasteiger partial charge in [0.2, 0.25) is 5.95 Å². The molecule has 0 bridgehead atoms. The normalized spacial score (nSPS) is 17.1. The Labute approximate surface area is 157 Å². The van der Waals surface area contributed by atoms with Crippen LogP contribution in [0.1, 0.15) is 6.42 Å². The molecule has 0 aliphatic carbocycles. The number of oxazole rings is 1. The van der Waals surface area contributed by atoms with Crippen LogP contribution in [-0.2, 0) is 0 Å². The van der Waals surface area contributed by atoms with Crippen molar-refractivity contribution < 1.29 is 4.42 Å². The number of likely N-dealkylation sites (N-methyl/N-ethyl adjacent to an activating group) is 1. The number of benzene rings is 1. The first kappa shape index (κ1) is 16.9. The van der Waals surface area contributed by atoms with Crippen LogP contribution in [0, 0.1) is 0 Å². The Bertz CT molecular complexity index is 927. The molecule has 2 aromatic heterocycles. The molecule has 1 saturated heterocycles. The molecule has 8 heteroatoms. The Morgan fingerprint density at radius 1 is 1.19 bits per heavy atom. The number of fused-ring (bicyclic) bond motifs is 1. The minimum absolute atomic E-state index is 0.332. The lowest BCUT2D eigenvalue weighted by atomic mass is 10.2. The van der Waals surface area contributed by atoms with Crippen molar-refractivity contribution >= 4 is 40.5 Å². The van der Waals surface area contributed by atoms with Gasteiger partial charge in [0.25, 0.3) is 6.01 Å². The third-order valence-corrected chi connectivity index (χ3v) is 4.94. The number of hydrogen-bond donors (Lipinski definition) is 0. The Morgan fingerprint density at radius 3 is 2.85 bits per heavy atom. The van der Waals surface area contributed by atoms with Gasteiger partial charge >= 0.3 is 0 Å². The van der Waals surface area contributed by atoms with Gasteiger partial charge in [0, 0.05) is 51.5 Å². The van der Waals surface area contributed by atoms with Gasteiger partial charge < -0.3 is 19.1 Å². The molecule has 1 aliphatic heterocycles. The standard InChI is InChI=1S/C18H21ClN6O/c1-23(2)17-20-8-6-16(22-17)24(3)13-7-9-25(11-13)18-21-14-10-12(19)4-5-15(14)26-18/h4-6,8,10,13H,7,9,11H2,1-3H3. The minimum Gasteiger partial charge on any atom is -0.423 e. The molecule has 0 amide bonds. The summed E-state index contributed by atoms with van der Waals surface area (Å²) in [5.41, 5.74) is 1.54. The number of halogens is 1. The van der Waals surface area contributed by atoms with E-state index in [4.69, 9.17) is 16.0 Å². The third-order valence-electron chi connectivity index (χ3n) is 4.71. The first-order valence-corrected chi connectivity index (χ1v) is 8.93. The zero-order valence-electron chi connectivity index (χ0n) is 15.1. The SMILES string of the molecule is CN(C)c1nccc(N(C)C2CCN(c3nc4cc(Cl)ccc4o3)C2)n1. The summed E-state index contributed by atoms with van der Waals surface area (Å²) in [6, 6.07) is 8.42. The second-order valence-electron chi connectivity index (χ2n) is 6.72. The van der Waals surface area contributed by atoms with Crippen molar-refractivity contribution in [1.82, 2.24) is 15.0 Å². The van der Waals surface area contributed by atoms with Gasteiger partial charge in [-0.05, 0) is 30.7 Å². The van der Waals surface area contributed by atoms with Gasteiger partial charge in [0.15, 0.2) is 5.58 Å². The van der Waals surface area contributed by atoms with Crippen LogP contribution in [0.3, 0.4) is 0 Å². The highest BCUT2D eigenvalue weighted by Crippen LogP contribution is 2.28. The van der Waals surface area contributed by atoms with E-state index in [1.54, 1.807) is 6.20 Å². The van der Waals surface area contributed by atoms with E-state index in [0.717, 1.165) is 36.4 Å². The highest BCUT2D eigenvalue weighted by atomic mass is 35.5. The maximum atomic E-state index is 6.04. The summed E-state index contributed by atoms with van der Waals surface area (Å²) in [5, 5.41) is 0.664. The molecule has 4 rings (SSSR count). The lowest BCUT2D eigenvalue weighted by Gasteiger charge is -2.26. The van der Waals surface area contributed by atoms with E-state index in [2.05, 4.69) is 31.8 Å². The number of rotatable bonds is 4. The fourth-order valence-corrected chi connectivity index (χ4v) is 3.36. The van der Waals surface area contributed by atoms with Gasteiger partial charge in [-0.2, -0.15) is 9.97 Å². The van der Waals surface area contributed by atoms with Crippen molar-refractivity contribution in [2.24, 2.45) is 0 Å². The number of anilines is 3. The van der Waals surface area contributed by atoms with Gasteiger partial charge in [-0.3, -0.25) is 0 Å². The van der Waals surface area contributed by atoms with Gasteiger partial charge in [-0.25, -0.2) is 4.98 Å². The first-order valence-electron chi connectivity index (χ1n) is 8.55. The molecule has 0 N–H and O–H groups in total. The van der Waals surface area contributed by atoms with Gasteiger partial charge in [-0.1, -0.05) is 11.6 Å². The molecule has 3 aromatic rings. The van der Waals surface area contributed by atoms with E-state index in [1.807, 2.05) is 43.3 Å². The van der Waals surface area contributed by atoms with Crippen molar-refractivity contribution in [2.45, 2.75) is 12.5 Å². The number of nitrogens with zero attached hydrogens (tertiary/aromatic N) is 6. The van der Waals surface area contributed by atoms with Crippen LogP contribution in [-0.4, -0.2) is 55.2 Å². The van der Waals surface area contributed by atoms with Crippen molar-refractivity contribution in [3.63, 3.8) is 0 Å². The zero-order valence-corrected chi connectivity index (χ0v) is 15.8. The quantitative estimate of drug-likeness (QED) is 0.697. The molecule has 0 spiro atoms. The maximum Gasteiger partial charge on any atom is 0.298 e. The molecule has 1 aromatic carbocycles. The number of hydrogen-bond acceptors (Lipinski definition) is 7. The van der Waals surface area contributed by atoms with Gasteiger partial charge in [-0.15, -0.1) is 0 Å². The van der Waals surface area contributed by atoms with Crippen molar-refractivity contribution in [2.75, 3.05) is 48.9 Å². The molecule has 7 nitrogen and oxygen atoms in total. The highest BCUT2D eigenvalue weighted by Gasteiger charge is 2.29. The van der Waals surface area contributed by atoms with E-state index in [9.17, 15) is 0 Å². The van der Waals surface area contributed by atoms with Gasteiger partial charge in [0.1, 0.15) is 11.3 Å². The zero-order chi connectivity index (χ0) is 18.3. The second-order valence-corrected chi connectivity index (χ2v) is 7.15. The Balaban J connectivity index is 1.51. The number of aromatic nitrogens is 3. The topological polar surface area (TPSA) is 61.5 Å². The first-order chi connectivity index (χ1) is 12.5. The molecular weight excluding hydrogens is 352 g/mol. The smallest absolute Gasteiger partial charge is 0.298 e. The predicted molar refractivity (Wildman–Crippen MR) is 104 cm³/mol. The fraction of sp³-hybridized carbons (Fsp3) is 0.389. The average molecular weight is 373 g/mol. The predicted octanol–water partition coefficient (Wildman–Crippen LogP) is 3.05. The van der Waals surface area contributed by atoms with E-state index >= 15 is 0 Å². The van der Waals surface area contributed by atoms with Crippen molar-refractivity contribution in [1.29, 1.82) is 0 Å². The molecule has 1 unspecified atom stereocenters. The van der Waals surface area contributed by atoms with Crippen molar-refractivity contribution in [3.8, 4) is 0 Å².